The number of hydrogen-bond acceptors (Lipinski definition) is 5. The lowest BCUT2D eigenvalue weighted by Crippen LogP contribution is -2.36. The first-order valence-corrected chi connectivity index (χ1v) is 12.1. The molecule has 6 nitrogen and oxygen atoms in total. The second kappa shape index (κ2) is 8.27. The average Bonchev–Trinajstić information content (AvgIpc) is 3.33. The lowest BCUT2D eigenvalue weighted by atomic mass is 9.89. The monoisotopic (exact) mass is 425 g/mol. The highest BCUT2D eigenvalue weighted by Crippen LogP contribution is 2.35. The van der Waals surface area contributed by atoms with E-state index in [2.05, 4.69) is 21.5 Å². The minimum absolute atomic E-state index is 0.183. The van der Waals surface area contributed by atoms with E-state index in [0.717, 1.165) is 48.4 Å². The molecule has 1 atom stereocenters. The number of nitrogens with zero attached hydrogens (tertiary/aromatic N) is 5. The van der Waals surface area contributed by atoms with Crippen molar-refractivity contribution >= 4 is 21.6 Å². The van der Waals surface area contributed by atoms with Crippen LogP contribution in [0.1, 0.15) is 54.8 Å². The van der Waals surface area contributed by atoms with Crippen LogP contribution < -0.4 is 5.56 Å². The summed E-state index contributed by atoms with van der Waals surface area (Å²) in [5.74, 6) is 1.72. The Bertz CT molecular complexity index is 1090. The van der Waals surface area contributed by atoms with Crippen LogP contribution in [0, 0.1) is 5.92 Å². The minimum Gasteiger partial charge on any atom is -0.337 e. The lowest BCUT2D eigenvalue weighted by Gasteiger charge is -2.31. The first-order chi connectivity index (χ1) is 14.6. The highest BCUT2D eigenvalue weighted by molar-refractivity contribution is 7.18. The Labute approximate surface area is 181 Å². The average molecular weight is 426 g/mol. The van der Waals surface area contributed by atoms with E-state index in [1.165, 1.54) is 42.5 Å². The van der Waals surface area contributed by atoms with Gasteiger partial charge in [-0.15, -0.1) is 11.3 Å². The molecule has 0 N–H and O–H groups in total. The van der Waals surface area contributed by atoms with Crippen molar-refractivity contribution < 1.29 is 0 Å². The predicted octanol–water partition coefficient (Wildman–Crippen LogP) is 3.76. The fraction of sp³-hybridized carbons (Fsp3) is 0.609. The molecule has 0 aliphatic heterocycles. The van der Waals surface area contributed by atoms with Crippen LogP contribution in [-0.4, -0.2) is 37.1 Å². The van der Waals surface area contributed by atoms with Gasteiger partial charge in [-0.3, -0.25) is 14.3 Å². The van der Waals surface area contributed by atoms with Gasteiger partial charge in [-0.1, -0.05) is 19.3 Å². The quantitative estimate of drug-likeness (QED) is 0.625. The van der Waals surface area contributed by atoms with Gasteiger partial charge in [0, 0.05) is 36.9 Å². The molecule has 5 rings (SSSR count). The Hall–Kier alpha value is -1.99. The van der Waals surface area contributed by atoms with Gasteiger partial charge in [0.05, 0.1) is 18.3 Å². The molecule has 0 spiro atoms. The van der Waals surface area contributed by atoms with E-state index in [0.29, 0.717) is 12.0 Å². The Kier molecular flexibility index (Phi) is 5.50. The van der Waals surface area contributed by atoms with Crippen LogP contribution in [-0.2, 0) is 33.0 Å². The number of fused-ring (bicyclic) bond motifs is 3. The third-order valence-corrected chi connectivity index (χ3v) is 8.29. The van der Waals surface area contributed by atoms with E-state index < -0.39 is 0 Å². The fourth-order valence-electron chi connectivity index (χ4n) is 5.24. The molecule has 3 aromatic heterocycles. The van der Waals surface area contributed by atoms with Gasteiger partial charge in [0.1, 0.15) is 10.7 Å². The van der Waals surface area contributed by atoms with Crippen molar-refractivity contribution in [2.45, 2.75) is 70.5 Å². The van der Waals surface area contributed by atoms with Crippen molar-refractivity contribution in [3.05, 3.63) is 45.3 Å². The summed E-state index contributed by atoms with van der Waals surface area (Å²) in [5, 5.41) is 0.901. The third kappa shape index (κ3) is 3.73. The zero-order valence-electron chi connectivity index (χ0n) is 18.0. The molecule has 0 aromatic carbocycles. The number of aromatic nitrogens is 4. The van der Waals surface area contributed by atoms with Gasteiger partial charge in [-0.2, -0.15) is 0 Å². The van der Waals surface area contributed by atoms with E-state index >= 15 is 0 Å². The molecular formula is C23H31N5OS. The number of rotatable bonds is 5. The summed E-state index contributed by atoms with van der Waals surface area (Å²) in [6.07, 6.45) is 15.1. The van der Waals surface area contributed by atoms with E-state index in [1.807, 2.05) is 24.0 Å². The maximum Gasteiger partial charge on any atom is 0.262 e. The Morgan fingerprint density at radius 2 is 2.03 bits per heavy atom. The number of aryl methyl sites for hydroxylation is 2. The topological polar surface area (TPSA) is 56.0 Å². The second-order valence-electron chi connectivity index (χ2n) is 9.16. The molecule has 3 heterocycles. The molecule has 0 radical (unpaired) electrons. The fourth-order valence-corrected chi connectivity index (χ4v) is 6.49. The van der Waals surface area contributed by atoms with Crippen molar-refractivity contribution in [2.24, 2.45) is 13.0 Å². The first kappa shape index (κ1) is 19.9. The summed E-state index contributed by atoms with van der Waals surface area (Å²) in [6, 6.07) is 0.478. The molecule has 30 heavy (non-hydrogen) atoms. The highest BCUT2D eigenvalue weighted by Gasteiger charge is 2.28. The normalized spacial score (nSPS) is 20.2. The van der Waals surface area contributed by atoms with E-state index in [1.54, 1.807) is 17.7 Å². The summed E-state index contributed by atoms with van der Waals surface area (Å²) in [7, 11) is 4.23. The SMILES string of the molecule is CN(Cc1nccn1C)C1CCc2c(sc3ncn(CC4CCCCC4)c(=O)c23)C1. The van der Waals surface area contributed by atoms with E-state index in [4.69, 9.17) is 4.98 Å². The first-order valence-electron chi connectivity index (χ1n) is 11.3. The minimum atomic E-state index is 0.183. The molecule has 2 aliphatic rings. The maximum absolute atomic E-state index is 13.3. The van der Waals surface area contributed by atoms with E-state index in [9.17, 15) is 4.79 Å². The summed E-state index contributed by atoms with van der Waals surface area (Å²) in [6.45, 7) is 1.68. The van der Waals surface area contributed by atoms with Gasteiger partial charge < -0.3 is 4.57 Å². The molecule has 0 bridgehead atoms. The third-order valence-electron chi connectivity index (χ3n) is 7.12. The summed E-state index contributed by atoms with van der Waals surface area (Å²) in [5.41, 5.74) is 1.45. The molecule has 2 aliphatic carbocycles. The highest BCUT2D eigenvalue weighted by atomic mass is 32.1. The van der Waals surface area contributed by atoms with Crippen LogP contribution in [0.4, 0.5) is 0 Å². The zero-order chi connectivity index (χ0) is 20.7. The van der Waals surface area contributed by atoms with Crippen LogP contribution in [0.15, 0.2) is 23.5 Å². The van der Waals surface area contributed by atoms with Crippen LogP contribution in [0.2, 0.25) is 0 Å². The van der Waals surface area contributed by atoms with Gasteiger partial charge in [0.15, 0.2) is 0 Å². The Morgan fingerprint density at radius 1 is 1.20 bits per heavy atom. The molecular weight excluding hydrogens is 394 g/mol. The smallest absolute Gasteiger partial charge is 0.262 e. The molecule has 7 heteroatoms. The maximum atomic E-state index is 13.3. The molecule has 3 aromatic rings. The standard InChI is InChI=1S/C23H31N5OS/c1-26-11-10-24-20(26)14-27(2)17-8-9-18-19(12-17)30-22-21(18)23(29)28(15-25-22)13-16-6-4-3-5-7-16/h10-11,15-17H,3-9,12-14H2,1-2H3. The molecule has 1 fully saturated rings. The van der Waals surface area contributed by atoms with Crippen molar-refractivity contribution in [1.29, 1.82) is 0 Å². The lowest BCUT2D eigenvalue weighted by molar-refractivity contribution is 0.209. The van der Waals surface area contributed by atoms with Crippen molar-refractivity contribution in [2.75, 3.05) is 7.05 Å². The Morgan fingerprint density at radius 3 is 2.80 bits per heavy atom. The van der Waals surface area contributed by atoms with Crippen molar-refractivity contribution in [3.8, 4) is 0 Å². The van der Waals surface area contributed by atoms with Gasteiger partial charge >= 0.3 is 0 Å². The predicted molar refractivity (Wildman–Crippen MR) is 121 cm³/mol. The summed E-state index contributed by atoms with van der Waals surface area (Å²) in [4.78, 5) is 27.2. The van der Waals surface area contributed by atoms with Crippen LogP contribution in [0.5, 0.6) is 0 Å². The van der Waals surface area contributed by atoms with Gasteiger partial charge in [0.25, 0.3) is 5.56 Å². The molecule has 0 amide bonds. The van der Waals surface area contributed by atoms with Crippen LogP contribution in [0.3, 0.4) is 0 Å². The van der Waals surface area contributed by atoms with Crippen molar-refractivity contribution in [1.82, 2.24) is 24.0 Å². The molecule has 160 valence electrons. The summed E-state index contributed by atoms with van der Waals surface area (Å²) >= 11 is 1.73. The number of thiophene rings is 1. The van der Waals surface area contributed by atoms with Gasteiger partial charge in [-0.05, 0) is 50.6 Å². The van der Waals surface area contributed by atoms with Gasteiger partial charge in [0.2, 0.25) is 0 Å². The van der Waals surface area contributed by atoms with E-state index in [-0.39, 0.29) is 5.56 Å². The number of imidazole rings is 1. The summed E-state index contributed by atoms with van der Waals surface area (Å²) < 4.78 is 3.98. The zero-order valence-corrected chi connectivity index (χ0v) is 18.8. The van der Waals surface area contributed by atoms with Gasteiger partial charge in [-0.25, -0.2) is 9.97 Å². The van der Waals surface area contributed by atoms with Crippen LogP contribution >= 0.6 is 11.3 Å². The second-order valence-corrected chi connectivity index (χ2v) is 10.2. The molecule has 1 saturated carbocycles. The largest absolute Gasteiger partial charge is 0.337 e. The van der Waals surface area contributed by atoms with Crippen molar-refractivity contribution in [3.63, 3.8) is 0 Å². The number of likely N-dealkylation sites (N-methyl/N-ethyl adjacent to an activating group) is 1. The number of hydrogen-bond donors (Lipinski definition) is 0. The molecule has 0 saturated heterocycles. The Balaban J connectivity index is 1.37. The molecule has 1 unspecified atom stereocenters. The van der Waals surface area contributed by atoms with Crippen LogP contribution in [0.25, 0.3) is 10.2 Å².